The van der Waals surface area contributed by atoms with Gasteiger partial charge < -0.3 is 5.11 Å². The van der Waals surface area contributed by atoms with Crippen LogP contribution in [0.15, 0.2) is 24.3 Å². The number of aromatic hydroxyl groups is 1. The summed E-state index contributed by atoms with van der Waals surface area (Å²) in [4.78, 5) is 0. The van der Waals surface area contributed by atoms with Crippen LogP contribution >= 0.6 is 0 Å². The van der Waals surface area contributed by atoms with Crippen LogP contribution in [-0.4, -0.2) is 27.3 Å². The zero-order valence-corrected chi connectivity index (χ0v) is 10.1. The zero-order chi connectivity index (χ0) is 12.1. The Morgan fingerprint density at radius 3 is 2.31 bits per heavy atom. The molecule has 1 rings (SSSR count). The molecule has 0 bridgehead atoms. The van der Waals surface area contributed by atoms with Crippen molar-refractivity contribution in [2.75, 3.05) is 0 Å². The molecule has 0 amide bonds. The van der Waals surface area contributed by atoms with Crippen LogP contribution in [0.4, 0.5) is 0 Å². The van der Waals surface area contributed by atoms with Gasteiger partial charge in [-0.25, -0.2) is 0 Å². The first-order valence-electron chi connectivity index (χ1n) is 5.65. The molecule has 16 heavy (non-hydrogen) atoms. The molecule has 1 aromatic carbocycles. The summed E-state index contributed by atoms with van der Waals surface area (Å²) < 4.78 is 1.24. The lowest BCUT2D eigenvalue weighted by atomic mass is 10.0. The molecule has 1 aromatic rings. The Balaban J connectivity index is 2.80. The maximum Gasteiger partial charge on any atom is 0.223 e. The van der Waals surface area contributed by atoms with Gasteiger partial charge >= 0.3 is 0 Å². The van der Waals surface area contributed by atoms with E-state index in [1.54, 1.807) is 30.5 Å². The highest BCUT2D eigenvalue weighted by Gasteiger charge is 2.21. The van der Waals surface area contributed by atoms with Crippen LogP contribution in [0, 0.1) is 5.92 Å². The fourth-order valence-electron chi connectivity index (χ4n) is 1.43. The Kier molecular flexibility index (Phi) is 4.35. The van der Waals surface area contributed by atoms with Gasteiger partial charge in [-0.1, -0.05) is 13.8 Å². The predicted molar refractivity (Wildman–Crippen MR) is 64.2 cm³/mol. The van der Waals surface area contributed by atoms with Gasteiger partial charge in [0.25, 0.3) is 0 Å². The Morgan fingerprint density at radius 1 is 1.25 bits per heavy atom. The summed E-state index contributed by atoms with van der Waals surface area (Å²) in [7, 11) is 0. The molecule has 0 saturated heterocycles. The third-order valence-corrected chi connectivity index (χ3v) is 3.06. The summed E-state index contributed by atoms with van der Waals surface area (Å²) in [6.45, 7) is 6.21. The molecule has 88 valence electrons. The van der Waals surface area contributed by atoms with Crippen LogP contribution in [-0.2, 0) is 0 Å². The molecule has 3 nitrogen and oxygen atoms in total. The second kappa shape index (κ2) is 5.54. The van der Waals surface area contributed by atoms with Crippen LogP contribution in [0.5, 0.6) is 5.75 Å². The first kappa shape index (κ1) is 12.6. The van der Waals surface area contributed by atoms with E-state index in [-0.39, 0.29) is 11.8 Å². The summed E-state index contributed by atoms with van der Waals surface area (Å²) in [6.07, 6.45) is 2.71. The van der Waals surface area contributed by atoms with Gasteiger partial charge in [-0.05, 0) is 35.4 Å². The van der Waals surface area contributed by atoms with E-state index in [2.05, 4.69) is 13.8 Å². The van der Waals surface area contributed by atoms with Gasteiger partial charge in [0, 0.05) is 18.4 Å². The minimum Gasteiger partial charge on any atom is -0.508 e. The third kappa shape index (κ3) is 3.26. The first-order valence-corrected chi connectivity index (χ1v) is 5.65. The largest absolute Gasteiger partial charge is 0.508 e. The molecule has 2 atom stereocenters. The number of hydroxylamine groups is 1. The number of hydrogen-bond acceptors (Lipinski definition) is 2. The fraction of sp³-hybridized carbons (Fsp3) is 0.462. The highest BCUT2D eigenvalue weighted by molar-refractivity contribution is 5.75. The van der Waals surface area contributed by atoms with Crippen LogP contribution in [0.1, 0.15) is 32.8 Å². The quantitative estimate of drug-likeness (QED) is 0.356. The number of hydrogen-bond donors (Lipinski definition) is 2. The molecule has 0 saturated carbocycles. The van der Waals surface area contributed by atoms with E-state index in [4.69, 9.17) is 5.11 Å². The van der Waals surface area contributed by atoms with Crippen molar-refractivity contribution < 1.29 is 15.1 Å². The number of phenols is 1. The molecule has 3 heteroatoms. The Morgan fingerprint density at radius 2 is 1.81 bits per heavy atom. The highest BCUT2D eigenvalue weighted by Crippen LogP contribution is 2.11. The molecular formula is C13H20NO2+. The molecule has 0 spiro atoms. The molecule has 0 aliphatic heterocycles. The van der Waals surface area contributed by atoms with Gasteiger partial charge in [0.1, 0.15) is 5.75 Å². The van der Waals surface area contributed by atoms with Crippen molar-refractivity contribution in [3.8, 4) is 5.75 Å². The van der Waals surface area contributed by atoms with Crippen molar-refractivity contribution in [1.82, 2.24) is 0 Å². The van der Waals surface area contributed by atoms with E-state index in [9.17, 15) is 5.21 Å². The summed E-state index contributed by atoms with van der Waals surface area (Å²) in [5.74, 6) is 0.662. The van der Waals surface area contributed by atoms with Crippen molar-refractivity contribution in [3.05, 3.63) is 29.8 Å². The maximum absolute atomic E-state index is 9.86. The van der Waals surface area contributed by atoms with Gasteiger partial charge in [0.05, 0.1) is 0 Å². The number of nitrogens with zero attached hydrogens (tertiary/aromatic N) is 1. The number of phenolic OH excluding ortho intramolecular Hbond substituents is 1. The minimum absolute atomic E-state index is 0.0822. The van der Waals surface area contributed by atoms with Crippen LogP contribution < -0.4 is 0 Å². The SMILES string of the molecule is CCC(C)C(C)/[N+](O)=C/c1ccc(O)cc1. The Bertz CT molecular complexity index is 357. The van der Waals surface area contributed by atoms with Crippen molar-refractivity contribution >= 4 is 6.21 Å². The van der Waals surface area contributed by atoms with E-state index >= 15 is 0 Å². The van der Waals surface area contributed by atoms with Crippen molar-refractivity contribution in [2.24, 2.45) is 5.92 Å². The van der Waals surface area contributed by atoms with Crippen molar-refractivity contribution in [1.29, 1.82) is 0 Å². The lowest BCUT2D eigenvalue weighted by Gasteiger charge is -2.10. The molecule has 2 unspecified atom stereocenters. The molecule has 0 fully saturated rings. The second-order valence-corrected chi connectivity index (χ2v) is 4.23. The minimum atomic E-state index is 0.0822. The monoisotopic (exact) mass is 222 g/mol. The zero-order valence-electron chi connectivity index (χ0n) is 10.1. The average molecular weight is 222 g/mol. The van der Waals surface area contributed by atoms with Crippen LogP contribution in [0.25, 0.3) is 0 Å². The standard InChI is InChI=1S/C13H19NO2/c1-4-10(2)11(3)14(16)9-12-5-7-13(15)8-6-12/h5-11,16H,4H2,1-3H3/p+1. The van der Waals surface area contributed by atoms with Gasteiger partial charge in [0.2, 0.25) is 12.3 Å². The average Bonchev–Trinajstić information content (AvgIpc) is 2.30. The smallest absolute Gasteiger partial charge is 0.223 e. The predicted octanol–water partition coefficient (Wildman–Crippen LogP) is 2.65. The number of benzene rings is 1. The Hall–Kier alpha value is -1.51. The summed E-state index contributed by atoms with van der Waals surface area (Å²) in [5, 5.41) is 19.0. The van der Waals surface area contributed by atoms with E-state index < -0.39 is 0 Å². The van der Waals surface area contributed by atoms with Gasteiger partial charge in [-0.15, -0.1) is 0 Å². The summed E-state index contributed by atoms with van der Waals surface area (Å²) in [5.41, 5.74) is 0.871. The lowest BCUT2D eigenvalue weighted by Crippen LogP contribution is -2.27. The topological polar surface area (TPSA) is 43.5 Å². The van der Waals surface area contributed by atoms with E-state index in [0.29, 0.717) is 5.92 Å². The second-order valence-electron chi connectivity index (χ2n) is 4.23. The van der Waals surface area contributed by atoms with Crippen LogP contribution in [0.2, 0.25) is 0 Å². The van der Waals surface area contributed by atoms with Gasteiger partial charge in [-0.3, -0.25) is 5.21 Å². The van der Waals surface area contributed by atoms with E-state index in [1.807, 2.05) is 6.92 Å². The van der Waals surface area contributed by atoms with Gasteiger partial charge in [-0.2, -0.15) is 0 Å². The van der Waals surface area contributed by atoms with E-state index in [0.717, 1.165) is 12.0 Å². The molecular weight excluding hydrogens is 202 g/mol. The van der Waals surface area contributed by atoms with Crippen molar-refractivity contribution in [2.45, 2.75) is 33.2 Å². The number of rotatable bonds is 4. The lowest BCUT2D eigenvalue weighted by molar-refractivity contribution is -0.798. The molecule has 0 radical (unpaired) electrons. The molecule has 0 aliphatic rings. The maximum atomic E-state index is 9.86. The molecule has 0 aliphatic carbocycles. The van der Waals surface area contributed by atoms with Crippen LogP contribution in [0.3, 0.4) is 0 Å². The van der Waals surface area contributed by atoms with Crippen molar-refractivity contribution in [3.63, 3.8) is 0 Å². The summed E-state index contributed by atoms with van der Waals surface area (Å²) >= 11 is 0. The summed E-state index contributed by atoms with van der Waals surface area (Å²) in [6, 6.07) is 6.82. The fourth-order valence-corrected chi connectivity index (χ4v) is 1.43. The molecule has 2 N–H and O–H groups in total. The van der Waals surface area contributed by atoms with E-state index in [1.165, 1.54) is 4.74 Å². The molecule has 0 aromatic heterocycles. The third-order valence-electron chi connectivity index (χ3n) is 3.06. The normalized spacial score (nSPS) is 15.8. The first-order chi connectivity index (χ1) is 7.54. The highest BCUT2D eigenvalue weighted by atomic mass is 16.5. The Labute approximate surface area is 96.6 Å². The van der Waals surface area contributed by atoms with Gasteiger partial charge in [0.15, 0.2) is 0 Å². The molecule has 0 heterocycles.